The average Bonchev–Trinajstić information content (AvgIpc) is 3.05. The number of nitrogens with one attached hydrogen (secondary N) is 2. The standard InChI is InChI=1S/C17H14N4O6S/c1-10(22)19-11-5-7-12(8-6-11)28(25,26)21-16-14(17(23)24)15(20-27-16)13-4-2-3-9-18-13/h2-9,21H,1H3,(H,19,22)(H,23,24). The number of aromatic nitrogens is 2. The number of carboxylic acids is 1. The van der Waals surface area contributed by atoms with Crippen LogP contribution in [0, 0.1) is 0 Å². The van der Waals surface area contributed by atoms with Gasteiger partial charge in [-0.05, 0) is 36.4 Å². The molecular weight excluding hydrogens is 388 g/mol. The number of rotatable bonds is 6. The zero-order valence-electron chi connectivity index (χ0n) is 14.4. The summed E-state index contributed by atoms with van der Waals surface area (Å²) in [4.78, 5) is 26.5. The van der Waals surface area contributed by atoms with Crippen molar-refractivity contribution < 1.29 is 27.6 Å². The largest absolute Gasteiger partial charge is 0.477 e. The minimum absolute atomic E-state index is 0.105. The lowest BCUT2D eigenvalue weighted by Gasteiger charge is -2.07. The van der Waals surface area contributed by atoms with Gasteiger partial charge in [0.2, 0.25) is 5.91 Å². The first-order valence-corrected chi connectivity index (χ1v) is 9.31. The number of hydrogen-bond donors (Lipinski definition) is 3. The third kappa shape index (κ3) is 3.99. The van der Waals surface area contributed by atoms with E-state index in [1.165, 1.54) is 43.5 Å². The van der Waals surface area contributed by atoms with Crippen molar-refractivity contribution in [1.82, 2.24) is 10.1 Å². The van der Waals surface area contributed by atoms with E-state index >= 15 is 0 Å². The second kappa shape index (κ2) is 7.48. The Bertz CT molecular complexity index is 1120. The number of carbonyl (C=O) groups is 2. The topological polar surface area (TPSA) is 151 Å². The number of nitrogens with zero attached hydrogens (tertiary/aromatic N) is 2. The summed E-state index contributed by atoms with van der Waals surface area (Å²) in [6.07, 6.45) is 1.44. The Morgan fingerprint density at radius 3 is 2.39 bits per heavy atom. The molecule has 1 aromatic carbocycles. The van der Waals surface area contributed by atoms with E-state index in [9.17, 15) is 23.1 Å². The lowest BCUT2D eigenvalue weighted by molar-refractivity contribution is -0.114. The van der Waals surface area contributed by atoms with E-state index in [1.54, 1.807) is 12.1 Å². The Morgan fingerprint density at radius 1 is 1.11 bits per heavy atom. The molecule has 11 heteroatoms. The van der Waals surface area contributed by atoms with E-state index in [1.807, 2.05) is 0 Å². The summed E-state index contributed by atoms with van der Waals surface area (Å²) in [5.41, 5.74) is 0.0625. The third-order valence-electron chi connectivity index (χ3n) is 3.53. The van der Waals surface area contributed by atoms with Crippen molar-refractivity contribution in [2.24, 2.45) is 0 Å². The molecule has 0 fully saturated rings. The molecule has 0 aliphatic heterocycles. The summed E-state index contributed by atoms with van der Waals surface area (Å²) >= 11 is 0. The number of pyridine rings is 1. The molecule has 0 saturated carbocycles. The van der Waals surface area contributed by atoms with E-state index in [0.717, 1.165) is 0 Å². The normalized spacial score (nSPS) is 11.0. The number of hydrogen-bond acceptors (Lipinski definition) is 7. The van der Waals surface area contributed by atoms with E-state index in [2.05, 4.69) is 20.2 Å². The highest BCUT2D eigenvalue weighted by Crippen LogP contribution is 2.29. The van der Waals surface area contributed by atoms with Gasteiger partial charge < -0.3 is 14.9 Å². The van der Waals surface area contributed by atoms with Crippen LogP contribution in [0.3, 0.4) is 0 Å². The summed E-state index contributed by atoms with van der Waals surface area (Å²) in [5.74, 6) is -2.27. The fourth-order valence-electron chi connectivity index (χ4n) is 2.34. The Kier molecular flexibility index (Phi) is 5.09. The highest BCUT2D eigenvalue weighted by molar-refractivity contribution is 7.92. The molecule has 0 saturated heterocycles. The second-order valence-electron chi connectivity index (χ2n) is 5.57. The molecule has 0 aliphatic rings. The van der Waals surface area contributed by atoms with E-state index < -0.39 is 27.4 Å². The predicted molar refractivity (Wildman–Crippen MR) is 98.2 cm³/mol. The van der Waals surface area contributed by atoms with Crippen molar-refractivity contribution in [2.75, 3.05) is 10.0 Å². The first-order chi connectivity index (χ1) is 13.3. The van der Waals surface area contributed by atoms with Gasteiger partial charge in [-0.15, -0.1) is 0 Å². The van der Waals surface area contributed by atoms with Gasteiger partial charge in [0.05, 0.1) is 10.6 Å². The highest BCUT2D eigenvalue weighted by Gasteiger charge is 2.28. The summed E-state index contributed by atoms with van der Waals surface area (Å²) < 4.78 is 32.1. The molecule has 2 heterocycles. The first-order valence-electron chi connectivity index (χ1n) is 7.83. The molecule has 0 unspecified atom stereocenters. The van der Waals surface area contributed by atoms with Crippen LogP contribution >= 0.6 is 0 Å². The number of amides is 1. The second-order valence-corrected chi connectivity index (χ2v) is 7.25. The van der Waals surface area contributed by atoms with Crippen LogP contribution in [0.1, 0.15) is 17.3 Å². The predicted octanol–water partition coefficient (Wildman–Crippen LogP) is 2.19. The summed E-state index contributed by atoms with van der Waals surface area (Å²) in [6.45, 7) is 1.32. The molecule has 28 heavy (non-hydrogen) atoms. The SMILES string of the molecule is CC(=O)Nc1ccc(S(=O)(=O)Nc2onc(-c3ccccn3)c2C(=O)O)cc1. The van der Waals surface area contributed by atoms with Crippen molar-refractivity contribution in [3.05, 3.63) is 54.2 Å². The molecule has 0 radical (unpaired) electrons. The molecule has 1 amide bonds. The van der Waals surface area contributed by atoms with Gasteiger partial charge in [-0.25, -0.2) is 17.9 Å². The fraction of sp³-hybridized carbons (Fsp3) is 0.0588. The third-order valence-corrected chi connectivity index (χ3v) is 4.87. The van der Waals surface area contributed by atoms with Crippen LogP contribution in [0.5, 0.6) is 0 Å². The van der Waals surface area contributed by atoms with Crippen LogP contribution < -0.4 is 10.0 Å². The van der Waals surface area contributed by atoms with Crippen LogP contribution in [0.25, 0.3) is 11.4 Å². The van der Waals surface area contributed by atoms with Crippen LogP contribution in [0.15, 0.2) is 58.1 Å². The van der Waals surface area contributed by atoms with E-state index in [4.69, 9.17) is 4.52 Å². The van der Waals surface area contributed by atoms with Gasteiger partial charge in [0.15, 0.2) is 5.56 Å². The molecule has 10 nitrogen and oxygen atoms in total. The maximum atomic E-state index is 12.6. The minimum Gasteiger partial charge on any atom is -0.477 e. The molecule has 144 valence electrons. The molecule has 3 aromatic rings. The maximum Gasteiger partial charge on any atom is 0.343 e. The molecule has 0 bridgehead atoms. The van der Waals surface area contributed by atoms with Crippen LogP contribution in [0.4, 0.5) is 11.6 Å². The molecule has 3 rings (SSSR count). The minimum atomic E-state index is -4.16. The summed E-state index contributed by atoms with van der Waals surface area (Å²) in [7, 11) is -4.16. The van der Waals surface area contributed by atoms with E-state index in [-0.39, 0.29) is 22.2 Å². The number of carboxylic acid groups (broad SMARTS) is 1. The van der Waals surface area contributed by atoms with Gasteiger partial charge in [0.1, 0.15) is 5.69 Å². The number of aromatic carboxylic acids is 1. The van der Waals surface area contributed by atoms with Crippen molar-refractivity contribution in [3.63, 3.8) is 0 Å². The van der Waals surface area contributed by atoms with Gasteiger partial charge in [-0.2, -0.15) is 0 Å². The number of benzene rings is 1. The van der Waals surface area contributed by atoms with Gasteiger partial charge >= 0.3 is 5.97 Å². The van der Waals surface area contributed by atoms with Gasteiger partial charge in [-0.3, -0.25) is 9.78 Å². The van der Waals surface area contributed by atoms with Crippen molar-refractivity contribution in [1.29, 1.82) is 0 Å². The summed E-state index contributed by atoms with van der Waals surface area (Å²) in [6, 6.07) is 10.1. The fourth-order valence-corrected chi connectivity index (χ4v) is 3.33. The van der Waals surface area contributed by atoms with Gasteiger partial charge in [0, 0.05) is 18.8 Å². The Morgan fingerprint density at radius 2 is 1.82 bits per heavy atom. The number of carbonyl (C=O) groups excluding carboxylic acids is 1. The smallest absolute Gasteiger partial charge is 0.343 e. The number of sulfonamides is 1. The Labute approximate surface area is 159 Å². The molecule has 0 atom stereocenters. The molecular formula is C17H14N4O6S. The molecule has 3 N–H and O–H groups in total. The zero-order valence-corrected chi connectivity index (χ0v) is 15.2. The van der Waals surface area contributed by atoms with Gasteiger partial charge in [-0.1, -0.05) is 11.2 Å². The molecule has 0 spiro atoms. The zero-order chi connectivity index (χ0) is 20.3. The van der Waals surface area contributed by atoms with Crippen LogP contribution in [-0.4, -0.2) is 35.5 Å². The van der Waals surface area contributed by atoms with Crippen LogP contribution in [0.2, 0.25) is 0 Å². The van der Waals surface area contributed by atoms with Gasteiger partial charge in [0.25, 0.3) is 15.9 Å². The first kappa shape index (κ1) is 19.0. The van der Waals surface area contributed by atoms with Crippen molar-refractivity contribution in [3.8, 4) is 11.4 Å². The Balaban J connectivity index is 1.93. The van der Waals surface area contributed by atoms with E-state index in [0.29, 0.717) is 5.69 Å². The Hall–Kier alpha value is -3.73. The highest BCUT2D eigenvalue weighted by atomic mass is 32.2. The lowest BCUT2D eigenvalue weighted by Crippen LogP contribution is -2.15. The molecule has 0 aliphatic carbocycles. The monoisotopic (exact) mass is 402 g/mol. The number of anilines is 2. The quantitative estimate of drug-likeness (QED) is 0.567. The molecule has 2 aromatic heterocycles. The summed E-state index contributed by atoms with van der Waals surface area (Å²) in [5, 5.41) is 15.6. The van der Waals surface area contributed by atoms with Crippen molar-refractivity contribution in [2.45, 2.75) is 11.8 Å². The van der Waals surface area contributed by atoms with Crippen molar-refractivity contribution >= 4 is 33.5 Å². The lowest BCUT2D eigenvalue weighted by atomic mass is 10.2. The average molecular weight is 402 g/mol. The van der Waals surface area contributed by atoms with Crippen LogP contribution in [-0.2, 0) is 14.8 Å². The maximum absolute atomic E-state index is 12.6.